The molecule has 2 fully saturated rings. The van der Waals surface area contributed by atoms with Gasteiger partial charge in [0.1, 0.15) is 0 Å². The number of aromatic nitrogens is 2. The summed E-state index contributed by atoms with van der Waals surface area (Å²) in [6, 6.07) is 8.07. The molecule has 2 unspecified atom stereocenters. The lowest BCUT2D eigenvalue weighted by Crippen LogP contribution is -2.44. The molecule has 0 aliphatic carbocycles. The first-order chi connectivity index (χ1) is 14.6. The molecule has 2 aliphatic heterocycles. The average molecular weight is 432 g/mol. The molecule has 7 nitrogen and oxygen atoms in total. The van der Waals surface area contributed by atoms with Crippen molar-refractivity contribution in [3.63, 3.8) is 0 Å². The van der Waals surface area contributed by atoms with E-state index in [0.717, 1.165) is 49.6 Å². The van der Waals surface area contributed by atoms with Crippen molar-refractivity contribution in [1.29, 1.82) is 0 Å². The van der Waals surface area contributed by atoms with E-state index in [0.29, 0.717) is 24.8 Å². The summed E-state index contributed by atoms with van der Waals surface area (Å²) in [7, 11) is 0. The second-order valence-corrected chi connectivity index (χ2v) is 8.75. The monoisotopic (exact) mass is 431 g/mol. The normalized spacial score (nSPS) is 21.6. The quantitative estimate of drug-likeness (QED) is 0.725. The predicted octanol–water partition coefficient (Wildman–Crippen LogP) is 3.16. The number of likely N-dealkylation sites (tertiary alicyclic amines) is 2. The molecule has 1 amide bonds. The fourth-order valence-electron chi connectivity index (χ4n) is 4.58. The zero-order valence-electron chi connectivity index (χ0n) is 17.5. The molecule has 3 heterocycles. The van der Waals surface area contributed by atoms with Gasteiger partial charge in [0.2, 0.25) is 11.8 Å². The highest BCUT2D eigenvalue weighted by Crippen LogP contribution is 2.30. The van der Waals surface area contributed by atoms with E-state index in [1.54, 1.807) is 0 Å². The van der Waals surface area contributed by atoms with E-state index < -0.39 is 0 Å². The summed E-state index contributed by atoms with van der Waals surface area (Å²) in [6.45, 7) is 6.57. The van der Waals surface area contributed by atoms with E-state index in [1.165, 1.54) is 12.8 Å². The Morgan fingerprint density at radius 2 is 2.07 bits per heavy atom. The van der Waals surface area contributed by atoms with E-state index in [9.17, 15) is 4.79 Å². The van der Waals surface area contributed by atoms with Crippen molar-refractivity contribution < 1.29 is 9.32 Å². The molecule has 2 atom stereocenters. The van der Waals surface area contributed by atoms with Crippen molar-refractivity contribution in [3.05, 3.63) is 46.6 Å². The zero-order chi connectivity index (χ0) is 20.9. The van der Waals surface area contributed by atoms with Crippen LogP contribution in [0.3, 0.4) is 0 Å². The van der Waals surface area contributed by atoms with E-state index >= 15 is 0 Å². The summed E-state index contributed by atoms with van der Waals surface area (Å²) in [5.41, 5.74) is 1.09. The Labute approximate surface area is 182 Å². The maximum Gasteiger partial charge on any atom is 0.234 e. The first-order valence-corrected chi connectivity index (χ1v) is 11.3. The number of aryl methyl sites for hydroxylation is 1. The molecule has 4 rings (SSSR count). The largest absolute Gasteiger partial charge is 0.353 e. The summed E-state index contributed by atoms with van der Waals surface area (Å²) in [4.78, 5) is 21.7. The first kappa shape index (κ1) is 21.3. The molecule has 1 aromatic heterocycles. The number of carbonyl (C=O) groups is 1. The number of benzene rings is 1. The molecule has 0 spiro atoms. The van der Waals surface area contributed by atoms with Gasteiger partial charge in [-0.3, -0.25) is 14.6 Å². The Balaban J connectivity index is 1.34. The highest BCUT2D eigenvalue weighted by atomic mass is 35.5. The molecular weight excluding hydrogens is 402 g/mol. The molecule has 1 aromatic carbocycles. The van der Waals surface area contributed by atoms with Crippen molar-refractivity contribution >= 4 is 17.5 Å². The Hall–Kier alpha value is -1.96. The number of halogens is 1. The number of rotatable bonds is 7. The van der Waals surface area contributed by atoms with Gasteiger partial charge in [-0.25, -0.2) is 0 Å². The summed E-state index contributed by atoms with van der Waals surface area (Å²) in [6.07, 6.45) is 4.43. The Kier molecular flexibility index (Phi) is 7.02. The Morgan fingerprint density at radius 1 is 1.27 bits per heavy atom. The molecule has 2 aliphatic rings. The smallest absolute Gasteiger partial charge is 0.234 e. The van der Waals surface area contributed by atoms with Gasteiger partial charge in [-0.1, -0.05) is 35.0 Å². The molecule has 0 saturated carbocycles. The lowest BCUT2D eigenvalue weighted by molar-refractivity contribution is -0.122. The number of carbonyl (C=O) groups excluding carboxylic acids is 1. The van der Waals surface area contributed by atoms with Gasteiger partial charge in [-0.05, 0) is 63.9 Å². The lowest BCUT2D eigenvalue weighted by Gasteiger charge is -2.31. The van der Waals surface area contributed by atoms with Gasteiger partial charge in [0, 0.05) is 18.1 Å². The first-order valence-electron chi connectivity index (χ1n) is 10.9. The molecule has 1 N–H and O–H groups in total. The van der Waals surface area contributed by atoms with E-state index in [1.807, 2.05) is 25.1 Å². The number of amides is 1. The Bertz CT molecular complexity index is 852. The van der Waals surface area contributed by atoms with Gasteiger partial charge >= 0.3 is 0 Å². The van der Waals surface area contributed by atoms with E-state index in [4.69, 9.17) is 16.1 Å². The second kappa shape index (κ2) is 9.90. The van der Waals surface area contributed by atoms with Crippen LogP contribution in [0.5, 0.6) is 0 Å². The molecule has 2 aromatic rings. The zero-order valence-corrected chi connectivity index (χ0v) is 18.3. The summed E-state index contributed by atoms with van der Waals surface area (Å²) >= 11 is 6.48. The third-order valence-corrected chi connectivity index (χ3v) is 6.45. The molecular formula is C22H30ClN5O2. The van der Waals surface area contributed by atoms with Crippen LogP contribution in [0.25, 0.3) is 0 Å². The van der Waals surface area contributed by atoms with Gasteiger partial charge in [0.05, 0.1) is 18.5 Å². The van der Waals surface area contributed by atoms with Crippen molar-refractivity contribution in [2.24, 2.45) is 0 Å². The average Bonchev–Trinajstić information content (AvgIpc) is 3.42. The van der Waals surface area contributed by atoms with Crippen molar-refractivity contribution in [2.75, 3.05) is 39.3 Å². The van der Waals surface area contributed by atoms with Gasteiger partial charge in [0.25, 0.3) is 0 Å². The highest BCUT2D eigenvalue weighted by molar-refractivity contribution is 6.31. The molecule has 0 radical (unpaired) electrons. The maximum atomic E-state index is 12.7. The number of nitrogens with zero attached hydrogens (tertiary/aromatic N) is 4. The van der Waals surface area contributed by atoms with Crippen LogP contribution < -0.4 is 5.32 Å². The van der Waals surface area contributed by atoms with Gasteiger partial charge in [-0.15, -0.1) is 0 Å². The van der Waals surface area contributed by atoms with Crippen molar-refractivity contribution in [1.82, 2.24) is 25.3 Å². The minimum absolute atomic E-state index is 0.0496. The van der Waals surface area contributed by atoms with Gasteiger partial charge in [0.15, 0.2) is 5.82 Å². The fraction of sp³-hybridized carbons (Fsp3) is 0.591. The Morgan fingerprint density at radius 3 is 2.80 bits per heavy atom. The summed E-state index contributed by atoms with van der Waals surface area (Å²) in [5, 5.41) is 7.82. The van der Waals surface area contributed by atoms with Crippen LogP contribution in [0.2, 0.25) is 5.02 Å². The van der Waals surface area contributed by atoms with E-state index in [2.05, 4.69) is 31.3 Å². The third kappa shape index (κ3) is 5.20. The molecule has 2 saturated heterocycles. The van der Waals surface area contributed by atoms with Crippen LogP contribution in [-0.4, -0.2) is 65.1 Å². The molecule has 8 heteroatoms. The van der Waals surface area contributed by atoms with E-state index in [-0.39, 0.29) is 17.9 Å². The minimum Gasteiger partial charge on any atom is -0.353 e. The van der Waals surface area contributed by atoms with Crippen LogP contribution in [-0.2, 0) is 4.79 Å². The number of hydrogen-bond acceptors (Lipinski definition) is 6. The van der Waals surface area contributed by atoms with Gasteiger partial charge < -0.3 is 9.84 Å². The van der Waals surface area contributed by atoms with Crippen LogP contribution in [0.15, 0.2) is 28.8 Å². The number of hydrogen-bond donors (Lipinski definition) is 1. The predicted molar refractivity (Wildman–Crippen MR) is 115 cm³/mol. The summed E-state index contributed by atoms with van der Waals surface area (Å²) < 4.78 is 5.35. The van der Waals surface area contributed by atoms with Crippen LogP contribution in [0.1, 0.15) is 54.9 Å². The van der Waals surface area contributed by atoms with Crippen LogP contribution in [0.4, 0.5) is 0 Å². The SMILES string of the molecule is Cc1noc(C2CCCN(CC(=O)NCC(c3ccccc3Cl)N3CCCC3)C2)n1. The number of nitrogens with one attached hydrogen (secondary N) is 1. The van der Waals surface area contributed by atoms with Crippen molar-refractivity contribution in [3.8, 4) is 0 Å². The lowest BCUT2D eigenvalue weighted by atomic mass is 9.98. The maximum absolute atomic E-state index is 12.7. The number of piperidine rings is 1. The van der Waals surface area contributed by atoms with Crippen LogP contribution >= 0.6 is 11.6 Å². The molecule has 30 heavy (non-hydrogen) atoms. The molecule has 162 valence electrons. The standard InChI is InChI=1S/C22H30ClN5O2/c1-16-25-22(30-26-16)17-7-6-10-27(14-17)15-21(29)24-13-20(28-11-4-5-12-28)18-8-2-3-9-19(18)23/h2-3,8-9,17,20H,4-7,10-15H2,1H3,(H,24,29). The third-order valence-electron chi connectivity index (χ3n) is 6.10. The highest BCUT2D eigenvalue weighted by Gasteiger charge is 2.28. The topological polar surface area (TPSA) is 74.5 Å². The molecule has 0 bridgehead atoms. The minimum atomic E-state index is 0.0496. The summed E-state index contributed by atoms with van der Waals surface area (Å²) in [5.74, 6) is 1.60. The second-order valence-electron chi connectivity index (χ2n) is 8.34. The van der Waals surface area contributed by atoms with Crippen LogP contribution in [0, 0.1) is 6.92 Å². The van der Waals surface area contributed by atoms with Gasteiger partial charge in [-0.2, -0.15) is 4.98 Å². The fourth-order valence-corrected chi connectivity index (χ4v) is 4.85. The van der Waals surface area contributed by atoms with Crippen molar-refractivity contribution in [2.45, 2.75) is 44.6 Å².